The Kier molecular flexibility index (Phi) is 2.81. The van der Waals surface area contributed by atoms with Crippen LogP contribution >= 0.6 is 0 Å². The molecule has 2 N–H and O–H groups in total. The van der Waals surface area contributed by atoms with E-state index in [-0.39, 0.29) is 5.56 Å². The average Bonchev–Trinajstić information content (AvgIpc) is 2.92. The number of rotatable bonds is 4. The molecule has 1 aromatic rings. The van der Waals surface area contributed by atoms with E-state index < -0.39 is 11.8 Å². The quantitative estimate of drug-likeness (QED) is 0.824. The Morgan fingerprint density at radius 1 is 1.62 bits per heavy atom. The number of benzene rings is 1. The summed E-state index contributed by atoms with van der Waals surface area (Å²) in [5.74, 6) is -0.304. The second-order valence-corrected chi connectivity index (χ2v) is 4.35. The van der Waals surface area contributed by atoms with Gasteiger partial charge in [-0.1, -0.05) is 6.92 Å². The molecule has 0 radical (unpaired) electrons. The smallest absolute Gasteiger partial charge is 0.337 e. The molecule has 0 aromatic heterocycles. The second kappa shape index (κ2) is 4.12. The van der Waals surface area contributed by atoms with Gasteiger partial charge in [0.1, 0.15) is 5.82 Å². The zero-order valence-electron chi connectivity index (χ0n) is 9.03. The highest BCUT2D eigenvalue weighted by Crippen LogP contribution is 2.37. The van der Waals surface area contributed by atoms with Crippen molar-refractivity contribution in [3.8, 4) is 0 Å². The molecule has 1 fully saturated rings. The summed E-state index contributed by atoms with van der Waals surface area (Å²) in [7, 11) is 0. The summed E-state index contributed by atoms with van der Waals surface area (Å²) in [5, 5.41) is 12.0. The maximum Gasteiger partial charge on any atom is 0.337 e. The molecule has 0 amide bonds. The van der Waals surface area contributed by atoms with Crippen LogP contribution in [0.2, 0.25) is 0 Å². The highest BCUT2D eigenvalue weighted by Gasteiger charge is 2.32. The van der Waals surface area contributed by atoms with Gasteiger partial charge in [-0.15, -0.1) is 0 Å². The molecule has 1 aliphatic rings. The number of anilines is 1. The molecule has 2 rings (SSSR count). The maximum absolute atomic E-state index is 12.9. The Balaban J connectivity index is 2.09. The van der Waals surface area contributed by atoms with Crippen molar-refractivity contribution in [3.05, 3.63) is 29.6 Å². The molecule has 86 valence electrons. The van der Waals surface area contributed by atoms with Gasteiger partial charge in [-0.25, -0.2) is 9.18 Å². The van der Waals surface area contributed by atoms with Gasteiger partial charge in [-0.3, -0.25) is 0 Å². The summed E-state index contributed by atoms with van der Waals surface area (Å²) < 4.78 is 12.9. The number of carboxylic acid groups (broad SMARTS) is 1. The van der Waals surface area contributed by atoms with Crippen LogP contribution in [0.15, 0.2) is 18.2 Å². The zero-order chi connectivity index (χ0) is 11.7. The normalized spacial score (nSPS) is 22.9. The van der Waals surface area contributed by atoms with Gasteiger partial charge in [0.15, 0.2) is 0 Å². The second-order valence-electron chi connectivity index (χ2n) is 4.35. The van der Waals surface area contributed by atoms with Gasteiger partial charge in [-0.2, -0.15) is 0 Å². The topological polar surface area (TPSA) is 49.3 Å². The fourth-order valence-corrected chi connectivity index (χ4v) is 1.77. The molecule has 16 heavy (non-hydrogen) atoms. The van der Waals surface area contributed by atoms with E-state index in [4.69, 9.17) is 5.11 Å². The number of nitrogens with one attached hydrogen (secondary N) is 1. The number of aromatic carboxylic acids is 1. The number of carboxylic acids is 1. The van der Waals surface area contributed by atoms with Crippen molar-refractivity contribution in [2.45, 2.75) is 13.3 Å². The summed E-state index contributed by atoms with van der Waals surface area (Å²) in [6, 6.07) is 3.79. The van der Waals surface area contributed by atoms with Crippen LogP contribution in [0.4, 0.5) is 10.1 Å². The van der Waals surface area contributed by atoms with Crippen LogP contribution in [0.25, 0.3) is 0 Å². The minimum atomic E-state index is -1.11. The molecule has 0 heterocycles. The third kappa shape index (κ3) is 2.32. The van der Waals surface area contributed by atoms with Crippen LogP contribution in [0.1, 0.15) is 23.7 Å². The van der Waals surface area contributed by atoms with Gasteiger partial charge in [0, 0.05) is 12.2 Å². The molecular formula is C12H14FNO2. The highest BCUT2D eigenvalue weighted by atomic mass is 19.1. The molecule has 1 saturated carbocycles. The zero-order valence-corrected chi connectivity index (χ0v) is 9.03. The highest BCUT2D eigenvalue weighted by molar-refractivity contribution is 5.94. The molecule has 0 aliphatic heterocycles. The summed E-state index contributed by atoms with van der Waals surface area (Å²) in [5.41, 5.74) is 0.487. The van der Waals surface area contributed by atoms with Crippen molar-refractivity contribution in [3.63, 3.8) is 0 Å². The first-order valence-corrected chi connectivity index (χ1v) is 5.34. The van der Waals surface area contributed by atoms with Crippen molar-refractivity contribution < 1.29 is 14.3 Å². The van der Waals surface area contributed by atoms with Gasteiger partial charge in [0.25, 0.3) is 0 Å². The van der Waals surface area contributed by atoms with E-state index in [1.165, 1.54) is 18.6 Å². The fourth-order valence-electron chi connectivity index (χ4n) is 1.77. The number of hydrogen-bond donors (Lipinski definition) is 2. The maximum atomic E-state index is 12.9. The Labute approximate surface area is 93.3 Å². The minimum Gasteiger partial charge on any atom is -0.478 e. The van der Waals surface area contributed by atoms with Crippen LogP contribution in [0.3, 0.4) is 0 Å². The van der Waals surface area contributed by atoms with Crippen LogP contribution in [-0.4, -0.2) is 17.6 Å². The molecule has 1 aliphatic carbocycles. The monoisotopic (exact) mass is 223 g/mol. The largest absolute Gasteiger partial charge is 0.478 e. The Morgan fingerprint density at radius 2 is 2.31 bits per heavy atom. The van der Waals surface area contributed by atoms with Crippen molar-refractivity contribution in [2.75, 3.05) is 11.9 Å². The van der Waals surface area contributed by atoms with Crippen molar-refractivity contribution >= 4 is 11.7 Å². The standard InChI is InChI=1S/C12H14FNO2/c1-7-4-8(7)6-14-11-3-2-9(13)5-10(11)12(15)16/h2-3,5,7-8,14H,4,6H2,1H3,(H,15,16). The third-order valence-corrected chi connectivity index (χ3v) is 3.04. The molecule has 2 unspecified atom stereocenters. The Morgan fingerprint density at radius 3 is 2.88 bits per heavy atom. The van der Waals surface area contributed by atoms with E-state index in [0.717, 1.165) is 12.6 Å². The summed E-state index contributed by atoms with van der Waals surface area (Å²) in [6.07, 6.45) is 1.18. The third-order valence-electron chi connectivity index (χ3n) is 3.04. The Bertz CT molecular complexity index is 419. The molecule has 3 nitrogen and oxygen atoms in total. The van der Waals surface area contributed by atoms with Gasteiger partial charge in [0.05, 0.1) is 5.56 Å². The molecular weight excluding hydrogens is 209 g/mol. The van der Waals surface area contributed by atoms with E-state index in [1.54, 1.807) is 0 Å². The van der Waals surface area contributed by atoms with Gasteiger partial charge in [-0.05, 0) is 36.5 Å². The number of halogens is 1. The first-order valence-electron chi connectivity index (χ1n) is 5.34. The minimum absolute atomic E-state index is 0.00620. The summed E-state index contributed by atoms with van der Waals surface area (Å²) >= 11 is 0. The fraction of sp³-hybridized carbons (Fsp3) is 0.417. The molecule has 2 atom stereocenters. The van der Waals surface area contributed by atoms with E-state index in [2.05, 4.69) is 12.2 Å². The Hall–Kier alpha value is -1.58. The lowest BCUT2D eigenvalue weighted by Gasteiger charge is -2.09. The van der Waals surface area contributed by atoms with Gasteiger partial charge < -0.3 is 10.4 Å². The predicted octanol–water partition coefficient (Wildman–Crippen LogP) is 2.59. The molecule has 1 aromatic carbocycles. The average molecular weight is 223 g/mol. The van der Waals surface area contributed by atoms with Crippen LogP contribution in [-0.2, 0) is 0 Å². The first kappa shape index (κ1) is 10.9. The van der Waals surface area contributed by atoms with Gasteiger partial charge in [0.2, 0.25) is 0 Å². The first-order chi connectivity index (χ1) is 7.58. The van der Waals surface area contributed by atoms with Crippen molar-refractivity contribution in [1.82, 2.24) is 0 Å². The van der Waals surface area contributed by atoms with Crippen LogP contribution in [0.5, 0.6) is 0 Å². The molecule has 0 bridgehead atoms. The predicted molar refractivity (Wildman–Crippen MR) is 59.1 cm³/mol. The van der Waals surface area contributed by atoms with Crippen molar-refractivity contribution in [2.24, 2.45) is 11.8 Å². The number of hydrogen-bond acceptors (Lipinski definition) is 2. The molecule has 0 saturated heterocycles. The lowest BCUT2D eigenvalue weighted by Crippen LogP contribution is -2.09. The van der Waals surface area contributed by atoms with E-state index in [9.17, 15) is 9.18 Å². The van der Waals surface area contributed by atoms with Gasteiger partial charge >= 0.3 is 5.97 Å². The lowest BCUT2D eigenvalue weighted by molar-refractivity contribution is 0.0697. The van der Waals surface area contributed by atoms with E-state index in [1.807, 2.05) is 0 Å². The number of carbonyl (C=O) groups is 1. The van der Waals surface area contributed by atoms with Crippen molar-refractivity contribution in [1.29, 1.82) is 0 Å². The molecule has 0 spiro atoms. The van der Waals surface area contributed by atoms with E-state index >= 15 is 0 Å². The SMILES string of the molecule is CC1CC1CNc1ccc(F)cc1C(=O)O. The van der Waals surface area contributed by atoms with E-state index in [0.29, 0.717) is 17.5 Å². The summed E-state index contributed by atoms with van der Waals surface area (Å²) in [4.78, 5) is 10.9. The van der Waals surface area contributed by atoms with Crippen LogP contribution < -0.4 is 5.32 Å². The lowest BCUT2D eigenvalue weighted by atomic mass is 10.1. The molecule has 4 heteroatoms. The van der Waals surface area contributed by atoms with Crippen LogP contribution in [0, 0.1) is 17.7 Å². The summed E-state index contributed by atoms with van der Waals surface area (Å²) in [6.45, 7) is 2.92.